The Morgan fingerprint density at radius 2 is 2.00 bits per heavy atom. The number of benzene rings is 1. The van der Waals surface area contributed by atoms with Gasteiger partial charge in [0.2, 0.25) is 0 Å². The summed E-state index contributed by atoms with van der Waals surface area (Å²) in [5, 5.41) is 16.8. The SMILES string of the molecule is CCC(CC)c1c(C(=O)O)nnn1-c1ccccc1F. The molecule has 1 aromatic carbocycles. The largest absolute Gasteiger partial charge is 0.476 e. The Kier molecular flexibility index (Phi) is 4.12. The molecular formula is C14H16FN3O2. The number of aromatic nitrogens is 3. The first-order valence-corrected chi connectivity index (χ1v) is 6.53. The molecule has 5 nitrogen and oxygen atoms in total. The number of nitrogens with zero attached hydrogens (tertiary/aromatic N) is 3. The number of carboxylic acids is 1. The van der Waals surface area contributed by atoms with Crippen LogP contribution in [0.3, 0.4) is 0 Å². The molecule has 0 unspecified atom stereocenters. The minimum absolute atomic E-state index is 0.0318. The van der Waals surface area contributed by atoms with Crippen molar-refractivity contribution >= 4 is 5.97 Å². The van der Waals surface area contributed by atoms with Crippen LogP contribution in [0, 0.1) is 5.82 Å². The molecule has 0 atom stereocenters. The predicted octanol–water partition coefficient (Wildman–Crippen LogP) is 3.01. The molecule has 0 radical (unpaired) electrons. The van der Waals surface area contributed by atoms with Crippen molar-refractivity contribution in [1.82, 2.24) is 15.0 Å². The van der Waals surface area contributed by atoms with Crippen molar-refractivity contribution < 1.29 is 14.3 Å². The molecule has 0 aliphatic heterocycles. The lowest BCUT2D eigenvalue weighted by atomic mass is 9.97. The maximum absolute atomic E-state index is 13.9. The van der Waals surface area contributed by atoms with Crippen molar-refractivity contribution in [3.05, 3.63) is 41.5 Å². The monoisotopic (exact) mass is 277 g/mol. The number of hydrogen-bond donors (Lipinski definition) is 1. The van der Waals surface area contributed by atoms with E-state index in [9.17, 15) is 14.3 Å². The predicted molar refractivity (Wildman–Crippen MR) is 71.6 cm³/mol. The first-order chi connectivity index (χ1) is 9.60. The van der Waals surface area contributed by atoms with Crippen LogP contribution in [0.25, 0.3) is 5.69 Å². The Balaban J connectivity index is 2.65. The number of rotatable bonds is 5. The Morgan fingerprint density at radius 3 is 2.55 bits per heavy atom. The second kappa shape index (κ2) is 5.81. The zero-order chi connectivity index (χ0) is 14.7. The van der Waals surface area contributed by atoms with Crippen molar-refractivity contribution in [2.75, 3.05) is 0 Å². The Bertz CT molecular complexity index is 621. The zero-order valence-corrected chi connectivity index (χ0v) is 11.4. The van der Waals surface area contributed by atoms with Gasteiger partial charge in [-0.25, -0.2) is 13.9 Å². The summed E-state index contributed by atoms with van der Waals surface area (Å²) >= 11 is 0. The summed E-state index contributed by atoms with van der Waals surface area (Å²) in [4.78, 5) is 11.3. The van der Waals surface area contributed by atoms with E-state index in [2.05, 4.69) is 10.3 Å². The van der Waals surface area contributed by atoms with Gasteiger partial charge in [-0.15, -0.1) is 5.10 Å². The Morgan fingerprint density at radius 1 is 1.35 bits per heavy atom. The number of hydrogen-bond acceptors (Lipinski definition) is 3. The van der Waals surface area contributed by atoms with Crippen LogP contribution in [0.15, 0.2) is 24.3 Å². The second-order valence-corrected chi connectivity index (χ2v) is 4.51. The summed E-state index contributed by atoms with van der Waals surface area (Å²) in [7, 11) is 0. The Hall–Kier alpha value is -2.24. The van der Waals surface area contributed by atoms with E-state index in [4.69, 9.17) is 0 Å². The number of para-hydroxylation sites is 1. The summed E-state index contributed by atoms with van der Waals surface area (Å²) in [5.74, 6) is -1.63. The molecule has 0 fully saturated rings. The lowest BCUT2D eigenvalue weighted by molar-refractivity contribution is 0.0688. The van der Waals surface area contributed by atoms with Gasteiger partial charge in [-0.3, -0.25) is 0 Å². The minimum atomic E-state index is -1.14. The average molecular weight is 277 g/mol. The van der Waals surface area contributed by atoms with Crippen LogP contribution in [0.4, 0.5) is 4.39 Å². The fraction of sp³-hybridized carbons (Fsp3) is 0.357. The molecule has 1 heterocycles. The van der Waals surface area contributed by atoms with Crippen LogP contribution >= 0.6 is 0 Å². The third kappa shape index (κ3) is 2.41. The van der Waals surface area contributed by atoms with Crippen LogP contribution in [0.2, 0.25) is 0 Å². The highest BCUT2D eigenvalue weighted by Gasteiger charge is 2.26. The number of carbonyl (C=O) groups is 1. The quantitative estimate of drug-likeness (QED) is 0.912. The lowest BCUT2D eigenvalue weighted by Gasteiger charge is -2.15. The molecule has 0 amide bonds. The molecule has 1 N–H and O–H groups in total. The third-order valence-electron chi connectivity index (χ3n) is 3.36. The van der Waals surface area contributed by atoms with E-state index in [-0.39, 0.29) is 17.3 Å². The van der Waals surface area contributed by atoms with E-state index in [0.717, 1.165) is 12.8 Å². The molecule has 0 spiro atoms. The van der Waals surface area contributed by atoms with Crippen LogP contribution < -0.4 is 0 Å². The molecule has 2 aromatic rings. The van der Waals surface area contributed by atoms with Gasteiger partial charge in [-0.2, -0.15) is 0 Å². The van der Waals surface area contributed by atoms with Crippen molar-refractivity contribution in [3.8, 4) is 5.69 Å². The van der Waals surface area contributed by atoms with Crippen LogP contribution in [-0.4, -0.2) is 26.1 Å². The molecule has 0 bridgehead atoms. The third-order valence-corrected chi connectivity index (χ3v) is 3.36. The van der Waals surface area contributed by atoms with Gasteiger partial charge < -0.3 is 5.11 Å². The lowest BCUT2D eigenvalue weighted by Crippen LogP contribution is -2.12. The first kappa shape index (κ1) is 14.2. The molecule has 0 aliphatic carbocycles. The van der Waals surface area contributed by atoms with Crippen LogP contribution in [0.1, 0.15) is 48.8 Å². The van der Waals surface area contributed by atoms with Gasteiger partial charge in [0.05, 0.1) is 5.69 Å². The van der Waals surface area contributed by atoms with Gasteiger partial charge in [0, 0.05) is 5.92 Å². The van der Waals surface area contributed by atoms with E-state index in [0.29, 0.717) is 5.69 Å². The maximum atomic E-state index is 13.9. The van der Waals surface area contributed by atoms with E-state index < -0.39 is 11.8 Å². The van der Waals surface area contributed by atoms with Crippen molar-refractivity contribution in [2.45, 2.75) is 32.6 Å². The van der Waals surface area contributed by atoms with Gasteiger partial charge in [0.1, 0.15) is 11.5 Å². The Labute approximate surface area is 116 Å². The smallest absolute Gasteiger partial charge is 0.358 e. The fourth-order valence-electron chi connectivity index (χ4n) is 2.28. The second-order valence-electron chi connectivity index (χ2n) is 4.51. The molecule has 0 saturated heterocycles. The molecule has 1 aromatic heterocycles. The van der Waals surface area contributed by atoms with Crippen molar-refractivity contribution in [3.63, 3.8) is 0 Å². The molecular weight excluding hydrogens is 261 g/mol. The summed E-state index contributed by atoms with van der Waals surface area (Å²) < 4.78 is 15.2. The van der Waals surface area contributed by atoms with E-state index in [1.165, 1.54) is 10.7 Å². The summed E-state index contributed by atoms with van der Waals surface area (Å²) in [5.41, 5.74) is 0.559. The van der Waals surface area contributed by atoms with Gasteiger partial charge >= 0.3 is 5.97 Å². The summed E-state index contributed by atoms with van der Waals surface area (Å²) in [6.07, 6.45) is 1.47. The maximum Gasteiger partial charge on any atom is 0.358 e. The van der Waals surface area contributed by atoms with Gasteiger partial charge in [0.15, 0.2) is 5.69 Å². The first-order valence-electron chi connectivity index (χ1n) is 6.53. The summed E-state index contributed by atoms with van der Waals surface area (Å²) in [6, 6.07) is 6.12. The molecule has 20 heavy (non-hydrogen) atoms. The standard InChI is InChI=1S/C14H16FN3O2/c1-3-9(4-2)13-12(14(19)20)16-17-18(13)11-8-6-5-7-10(11)15/h5-9H,3-4H2,1-2H3,(H,19,20). The minimum Gasteiger partial charge on any atom is -0.476 e. The molecule has 106 valence electrons. The van der Waals surface area contributed by atoms with Crippen LogP contribution in [0.5, 0.6) is 0 Å². The number of halogens is 1. The average Bonchev–Trinajstić information content (AvgIpc) is 2.86. The van der Waals surface area contributed by atoms with E-state index in [1.54, 1.807) is 18.2 Å². The van der Waals surface area contributed by atoms with Crippen LogP contribution in [-0.2, 0) is 0 Å². The highest BCUT2D eigenvalue weighted by atomic mass is 19.1. The van der Waals surface area contributed by atoms with Crippen molar-refractivity contribution in [2.24, 2.45) is 0 Å². The topological polar surface area (TPSA) is 68.0 Å². The number of carboxylic acid groups (broad SMARTS) is 1. The van der Waals surface area contributed by atoms with Gasteiger partial charge in [-0.05, 0) is 25.0 Å². The number of aromatic carboxylic acids is 1. The summed E-state index contributed by atoms with van der Waals surface area (Å²) in [6.45, 7) is 3.91. The molecule has 0 saturated carbocycles. The molecule has 2 rings (SSSR count). The fourth-order valence-corrected chi connectivity index (χ4v) is 2.28. The van der Waals surface area contributed by atoms with Crippen molar-refractivity contribution in [1.29, 1.82) is 0 Å². The molecule has 0 aliphatic rings. The van der Waals surface area contributed by atoms with E-state index >= 15 is 0 Å². The highest BCUT2D eigenvalue weighted by Crippen LogP contribution is 2.28. The highest BCUT2D eigenvalue weighted by molar-refractivity contribution is 5.86. The van der Waals surface area contributed by atoms with E-state index in [1.807, 2.05) is 13.8 Å². The zero-order valence-electron chi connectivity index (χ0n) is 11.4. The van der Waals surface area contributed by atoms with Gasteiger partial charge in [-0.1, -0.05) is 31.2 Å². The normalized spacial score (nSPS) is 11.0. The molecule has 6 heteroatoms. The van der Waals surface area contributed by atoms with Gasteiger partial charge in [0.25, 0.3) is 0 Å².